The van der Waals surface area contributed by atoms with Gasteiger partial charge in [-0.15, -0.1) is 0 Å². The third kappa shape index (κ3) is 3.10. The number of nitrogens with two attached hydrogens (primary N) is 1. The average Bonchev–Trinajstić information content (AvgIpc) is 2.26. The third-order valence-corrected chi connectivity index (χ3v) is 4.01. The Morgan fingerprint density at radius 2 is 2.05 bits per heavy atom. The van der Waals surface area contributed by atoms with Crippen molar-refractivity contribution in [1.82, 2.24) is 0 Å². The van der Waals surface area contributed by atoms with Gasteiger partial charge in [0.15, 0.2) is 0 Å². The SMILES string of the molecule is COc1ccc(C2(CCC(C)(C)N)COC2)cc1C. The summed E-state index contributed by atoms with van der Waals surface area (Å²) in [6.45, 7) is 7.85. The highest BCUT2D eigenvalue weighted by molar-refractivity contribution is 5.40. The van der Waals surface area contributed by atoms with Gasteiger partial charge in [-0.2, -0.15) is 0 Å². The van der Waals surface area contributed by atoms with Crippen molar-refractivity contribution in [3.63, 3.8) is 0 Å². The lowest BCUT2D eigenvalue weighted by Gasteiger charge is -2.43. The van der Waals surface area contributed by atoms with Gasteiger partial charge in [-0.25, -0.2) is 0 Å². The molecule has 1 aliphatic rings. The molecule has 19 heavy (non-hydrogen) atoms. The second kappa shape index (κ2) is 5.14. The predicted molar refractivity (Wildman–Crippen MR) is 77.7 cm³/mol. The smallest absolute Gasteiger partial charge is 0.121 e. The Labute approximate surface area is 116 Å². The summed E-state index contributed by atoms with van der Waals surface area (Å²) >= 11 is 0. The standard InChI is InChI=1S/C16H25NO2/c1-12-9-13(5-6-14(12)18-4)16(10-19-11-16)8-7-15(2,3)17/h5-6,9H,7-8,10-11,17H2,1-4H3. The lowest BCUT2D eigenvalue weighted by Crippen LogP contribution is -2.48. The average molecular weight is 263 g/mol. The number of hydrogen-bond acceptors (Lipinski definition) is 3. The van der Waals surface area contributed by atoms with E-state index in [9.17, 15) is 0 Å². The summed E-state index contributed by atoms with van der Waals surface area (Å²) in [6, 6.07) is 6.45. The molecule has 1 heterocycles. The number of benzene rings is 1. The lowest BCUT2D eigenvalue weighted by atomic mass is 9.72. The van der Waals surface area contributed by atoms with Crippen molar-refractivity contribution in [3.8, 4) is 5.75 Å². The zero-order chi connectivity index (χ0) is 14.1. The van der Waals surface area contributed by atoms with E-state index in [-0.39, 0.29) is 11.0 Å². The van der Waals surface area contributed by atoms with Crippen molar-refractivity contribution in [1.29, 1.82) is 0 Å². The van der Waals surface area contributed by atoms with Gasteiger partial charge in [-0.05, 0) is 50.8 Å². The summed E-state index contributed by atoms with van der Waals surface area (Å²) in [5.74, 6) is 0.943. The van der Waals surface area contributed by atoms with E-state index < -0.39 is 0 Å². The minimum Gasteiger partial charge on any atom is -0.496 e. The van der Waals surface area contributed by atoms with Crippen LogP contribution >= 0.6 is 0 Å². The molecule has 0 saturated carbocycles. The van der Waals surface area contributed by atoms with Crippen LogP contribution in [0.15, 0.2) is 18.2 Å². The zero-order valence-corrected chi connectivity index (χ0v) is 12.5. The highest BCUT2D eigenvalue weighted by Gasteiger charge is 2.40. The van der Waals surface area contributed by atoms with Crippen LogP contribution in [0.25, 0.3) is 0 Å². The highest BCUT2D eigenvalue weighted by Crippen LogP contribution is 2.39. The summed E-state index contributed by atoms with van der Waals surface area (Å²) in [6.07, 6.45) is 2.07. The Balaban J connectivity index is 2.19. The molecule has 3 heteroatoms. The number of ether oxygens (including phenoxy) is 2. The monoisotopic (exact) mass is 263 g/mol. The van der Waals surface area contributed by atoms with E-state index in [1.54, 1.807) is 7.11 Å². The van der Waals surface area contributed by atoms with Crippen LogP contribution < -0.4 is 10.5 Å². The van der Waals surface area contributed by atoms with E-state index in [2.05, 4.69) is 39.0 Å². The first-order valence-corrected chi connectivity index (χ1v) is 6.88. The molecular weight excluding hydrogens is 238 g/mol. The van der Waals surface area contributed by atoms with E-state index in [1.807, 2.05) is 0 Å². The summed E-state index contributed by atoms with van der Waals surface area (Å²) in [4.78, 5) is 0. The molecule has 106 valence electrons. The van der Waals surface area contributed by atoms with E-state index in [0.717, 1.165) is 31.8 Å². The molecule has 1 fully saturated rings. The maximum Gasteiger partial charge on any atom is 0.121 e. The van der Waals surface area contributed by atoms with Gasteiger partial charge in [0.1, 0.15) is 5.75 Å². The molecule has 0 amide bonds. The number of rotatable bonds is 5. The zero-order valence-electron chi connectivity index (χ0n) is 12.5. The molecule has 0 aliphatic carbocycles. The van der Waals surface area contributed by atoms with Gasteiger partial charge in [0.05, 0.1) is 20.3 Å². The van der Waals surface area contributed by atoms with Gasteiger partial charge in [0.2, 0.25) is 0 Å². The Kier molecular flexibility index (Phi) is 3.88. The fourth-order valence-electron chi connectivity index (χ4n) is 2.57. The number of aryl methyl sites for hydroxylation is 1. The fraction of sp³-hybridized carbons (Fsp3) is 0.625. The molecule has 3 nitrogen and oxygen atoms in total. The second-order valence-electron chi connectivity index (χ2n) is 6.45. The quantitative estimate of drug-likeness (QED) is 0.888. The van der Waals surface area contributed by atoms with Crippen molar-refractivity contribution in [2.75, 3.05) is 20.3 Å². The Bertz CT molecular complexity index is 445. The van der Waals surface area contributed by atoms with Crippen LogP contribution in [0.1, 0.15) is 37.8 Å². The van der Waals surface area contributed by atoms with Crippen LogP contribution in [-0.2, 0) is 10.2 Å². The van der Waals surface area contributed by atoms with E-state index in [4.69, 9.17) is 15.2 Å². The third-order valence-electron chi connectivity index (χ3n) is 4.01. The first-order valence-electron chi connectivity index (χ1n) is 6.88. The van der Waals surface area contributed by atoms with Crippen molar-refractivity contribution >= 4 is 0 Å². The van der Waals surface area contributed by atoms with Gasteiger partial charge in [0.25, 0.3) is 0 Å². The first-order chi connectivity index (χ1) is 8.86. The molecule has 1 aromatic carbocycles. The molecule has 0 spiro atoms. The van der Waals surface area contributed by atoms with Crippen LogP contribution in [0.3, 0.4) is 0 Å². The molecule has 0 radical (unpaired) electrons. The van der Waals surface area contributed by atoms with Crippen molar-refractivity contribution in [2.45, 2.75) is 44.6 Å². The molecule has 0 atom stereocenters. The fourth-order valence-corrected chi connectivity index (χ4v) is 2.57. The molecule has 0 aromatic heterocycles. The van der Waals surface area contributed by atoms with Crippen molar-refractivity contribution < 1.29 is 9.47 Å². The number of methoxy groups -OCH3 is 1. The Morgan fingerprint density at radius 3 is 2.47 bits per heavy atom. The summed E-state index contributed by atoms with van der Waals surface area (Å²) in [5.41, 5.74) is 8.67. The molecule has 1 aliphatic heterocycles. The second-order valence-corrected chi connectivity index (χ2v) is 6.45. The largest absolute Gasteiger partial charge is 0.496 e. The first kappa shape index (κ1) is 14.4. The van der Waals surface area contributed by atoms with Crippen LogP contribution in [0.4, 0.5) is 0 Å². The molecule has 2 rings (SSSR count). The van der Waals surface area contributed by atoms with Crippen molar-refractivity contribution in [3.05, 3.63) is 29.3 Å². The number of hydrogen-bond donors (Lipinski definition) is 1. The van der Waals surface area contributed by atoms with Gasteiger partial charge in [-0.3, -0.25) is 0 Å². The van der Waals surface area contributed by atoms with Gasteiger partial charge < -0.3 is 15.2 Å². The lowest BCUT2D eigenvalue weighted by molar-refractivity contribution is -0.0669. The maximum atomic E-state index is 6.11. The minimum atomic E-state index is -0.121. The summed E-state index contributed by atoms with van der Waals surface area (Å²) < 4.78 is 10.8. The van der Waals surface area contributed by atoms with Crippen LogP contribution in [0.5, 0.6) is 5.75 Å². The Hall–Kier alpha value is -1.06. The molecule has 1 saturated heterocycles. The molecular formula is C16H25NO2. The molecule has 2 N–H and O–H groups in total. The maximum absolute atomic E-state index is 6.11. The molecule has 0 unspecified atom stereocenters. The molecule has 0 bridgehead atoms. The topological polar surface area (TPSA) is 44.5 Å². The predicted octanol–water partition coefficient (Wildman–Crippen LogP) is 2.79. The summed E-state index contributed by atoms with van der Waals surface area (Å²) in [7, 11) is 1.71. The van der Waals surface area contributed by atoms with Gasteiger partial charge >= 0.3 is 0 Å². The Morgan fingerprint density at radius 1 is 1.37 bits per heavy atom. The van der Waals surface area contributed by atoms with Crippen LogP contribution in [-0.4, -0.2) is 25.9 Å². The van der Waals surface area contributed by atoms with Crippen LogP contribution in [0, 0.1) is 6.92 Å². The van der Waals surface area contributed by atoms with E-state index >= 15 is 0 Å². The van der Waals surface area contributed by atoms with Crippen molar-refractivity contribution in [2.24, 2.45) is 5.73 Å². The highest BCUT2D eigenvalue weighted by atomic mass is 16.5. The molecule has 1 aromatic rings. The van der Waals surface area contributed by atoms with Crippen LogP contribution in [0.2, 0.25) is 0 Å². The van der Waals surface area contributed by atoms with Gasteiger partial charge in [0, 0.05) is 11.0 Å². The van der Waals surface area contributed by atoms with Gasteiger partial charge in [-0.1, -0.05) is 12.1 Å². The normalized spacial score (nSPS) is 17.9. The van der Waals surface area contributed by atoms with E-state index in [0.29, 0.717) is 0 Å². The van der Waals surface area contributed by atoms with E-state index in [1.165, 1.54) is 11.1 Å². The minimum absolute atomic E-state index is 0.121. The summed E-state index contributed by atoms with van der Waals surface area (Å²) in [5, 5.41) is 0.